The second kappa shape index (κ2) is 3.21. The predicted octanol–water partition coefficient (Wildman–Crippen LogP) is 2.61. The first-order chi connectivity index (χ1) is 5.50. The molecule has 1 saturated carbocycles. The van der Waals surface area contributed by atoms with Crippen molar-refractivity contribution >= 4 is 0 Å². The summed E-state index contributed by atoms with van der Waals surface area (Å²) in [5.41, 5.74) is 0.271. The maximum atomic E-state index is 9.69. The smallest absolute Gasteiger partial charge is 0.0751 e. The van der Waals surface area contributed by atoms with E-state index in [1.54, 1.807) is 6.08 Å². The number of hydrogen-bond acceptors (Lipinski definition) is 1. The third-order valence-electron chi connectivity index (χ3n) is 3.79. The van der Waals surface area contributed by atoms with Crippen molar-refractivity contribution < 1.29 is 5.11 Å². The average Bonchev–Trinajstić information content (AvgIpc) is 2.27. The molecule has 3 unspecified atom stereocenters. The van der Waals surface area contributed by atoms with E-state index in [1.165, 1.54) is 6.42 Å². The van der Waals surface area contributed by atoms with Gasteiger partial charge in [0.1, 0.15) is 0 Å². The molecular weight excluding hydrogens is 148 g/mol. The molecule has 1 aliphatic rings. The monoisotopic (exact) mass is 168 g/mol. The van der Waals surface area contributed by atoms with E-state index in [0.717, 1.165) is 12.3 Å². The number of aliphatic hydroxyl groups excluding tert-OH is 1. The van der Waals surface area contributed by atoms with Gasteiger partial charge in [-0.25, -0.2) is 0 Å². The molecule has 0 aromatic heterocycles. The van der Waals surface area contributed by atoms with Gasteiger partial charge in [-0.2, -0.15) is 0 Å². The SMILES string of the molecule is C=CC(O)C1CCC(C)C1(C)C. The van der Waals surface area contributed by atoms with Crippen LogP contribution in [0.15, 0.2) is 12.7 Å². The first-order valence-corrected chi connectivity index (χ1v) is 4.80. The molecule has 0 saturated heterocycles. The Labute approximate surface area is 75.5 Å². The van der Waals surface area contributed by atoms with Crippen molar-refractivity contribution in [3.05, 3.63) is 12.7 Å². The van der Waals surface area contributed by atoms with Crippen LogP contribution in [0, 0.1) is 17.3 Å². The standard InChI is InChI=1S/C11H20O/c1-5-10(12)9-7-6-8(2)11(9,3)4/h5,8-10,12H,1,6-7H2,2-4H3. The molecular formula is C11H20O. The lowest BCUT2D eigenvalue weighted by Crippen LogP contribution is -2.31. The number of rotatable bonds is 2. The fourth-order valence-corrected chi connectivity index (χ4v) is 2.31. The molecule has 1 fully saturated rings. The van der Waals surface area contributed by atoms with Gasteiger partial charge < -0.3 is 5.11 Å². The highest BCUT2D eigenvalue weighted by molar-refractivity contribution is 4.98. The Morgan fingerprint density at radius 1 is 1.50 bits per heavy atom. The Morgan fingerprint density at radius 2 is 2.08 bits per heavy atom. The zero-order valence-corrected chi connectivity index (χ0v) is 8.38. The molecule has 0 bridgehead atoms. The summed E-state index contributed by atoms with van der Waals surface area (Å²) in [5.74, 6) is 1.13. The molecule has 1 nitrogen and oxygen atoms in total. The zero-order chi connectivity index (χ0) is 9.35. The van der Waals surface area contributed by atoms with Gasteiger partial charge in [0.2, 0.25) is 0 Å². The minimum atomic E-state index is -0.315. The number of aliphatic hydroxyl groups is 1. The van der Waals surface area contributed by atoms with Gasteiger partial charge in [-0.1, -0.05) is 26.8 Å². The molecule has 0 heterocycles. The van der Waals surface area contributed by atoms with Crippen molar-refractivity contribution in [2.45, 2.75) is 39.7 Å². The van der Waals surface area contributed by atoms with E-state index in [4.69, 9.17) is 0 Å². The van der Waals surface area contributed by atoms with E-state index < -0.39 is 0 Å². The normalized spacial score (nSPS) is 36.3. The third kappa shape index (κ3) is 1.42. The topological polar surface area (TPSA) is 20.2 Å². The molecule has 1 rings (SSSR count). The Kier molecular flexibility index (Phi) is 2.62. The van der Waals surface area contributed by atoms with E-state index in [9.17, 15) is 5.11 Å². The maximum Gasteiger partial charge on any atom is 0.0751 e. The van der Waals surface area contributed by atoms with Gasteiger partial charge >= 0.3 is 0 Å². The van der Waals surface area contributed by atoms with Crippen LogP contribution < -0.4 is 0 Å². The molecule has 0 amide bonds. The van der Waals surface area contributed by atoms with Gasteiger partial charge in [-0.15, -0.1) is 6.58 Å². The fourth-order valence-electron chi connectivity index (χ4n) is 2.31. The van der Waals surface area contributed by atoms with Crippen LogP contribution in [0.25, 0.3) is 0 Å². The summed E-state index contributed by atoms with van der Waals surface area (Å²) < 4.78 is 0. The van der Waals surface area contributed by atoms with E-state index in [-0.39, 0.29) is 11.5 Å². The van der Waals surface area contributed by atoms with Crippen molar-refractivity contribution in [2.75, 3.05) is 0 Å². The largest absolute Gasteiger partial charge is 0.389 e. The van der Waals surface area contributed by atoms with Crippen LogP contribution in [-0.4, -0.2) is 11.2 Å². The Morgan fingerprint density at radius 3 is 2.42 bits per heavy atom. The highest BCUT2D eigenvalue weighted by Gasteiger charge is 2.42. The van der Waals surface area contributed by atoms with Crippen LogP contribution >= 0.6 is 0 Å². The van der Waals surface area contributed by atoms with Crippen LogP contribution in [0.5, 0.6) is 0 Å². The highest BCUT2D eigenvalue weighted by Crippen LogP contribution is 2.48. The van der Waals surface area contributed by atoms with Crippen LogP contribution in [0.1, 0.15) is 33.6 Å². The zero-order valence-electron chi connectivity index (χ0n) is 8.38. The number of hydrogen-bond donors (Lipinski definition) is 1. The summed E-state index contributed by atoms with van der Waals surface area (Å²) in [4.78, 5) is 0. The molecule has 12 heavy (non-hydrogen) atoms. The van der Waals surface area contributed by atoms with E-state index in [0.29, 0.717) is 5.92 Å². The summed E-state index contributed by atoms with van der Waals surface area (Å²) in [5, 5.41) is 9.69. The van der Waals surface area contributed by atoms with Gasteiger partial charge in [0.05, 0.1) is 6.10 Å². The molecule has 1 N–H and O–H groups in total. The lowest BCUT2D eigenvalue weighted by molar-refractivity contribution is 0.0720. The lowest BCUT2D eigenvalue weighted by Gasteiger charge is -2.33. The van der Waals surface area contributed by atoms with Gasteiger partial charge in [-0.05, 0) is 30.1 Å². The van der Waals surface area contributed by atoms with E-state index >= 15 is 0 Å². The average molecular weight is 168 g/mol. The van der Waals surface area contributed by atoms with Crippen LogP contribution in [0.2, 0.25) is 0 Å². The Bertz CT molecular complexity index is 172. The van der Waals surface area contributed by atoms with Crippen LogP contribution in [0.4, 0.5) is 0 Å². The minimum Gasteiger partial charge on any atom is -0.389 e. The fraction of sp³-hybridized carbons (Fsp3) is 0.818. The van der Waals surface area contributed by atoms with Crippen LogP contribution in [0.3, 0.4) is 0 Å². The molecule has 0 aliphatic heterocycles. The minimum absolute atomic E-state index is 0.271. The quantitative estimate of drug-likeness (QED) is 0.628. The second-order valence-electron chi connectivity index (χ2n) is 4.63. The van der Waals surface area contributed by atoms with Gasteiger partial charge in [0, 0.05) is 0 Å². The van der Waals surface area contributed by atoms with Crippen molar-refractivity contribution in [1.82, 2.24) is 0 Å². The second-order valence-corrected chi connectivity index (χ2v) is 4.63. The molecule has 0 aromatic carbocycles. The molecule has 0 aromatic rings. The molecule has 70 valence electrons. The van der Waals surface area contributed by atoms with Crippen molar-refractivity contribution in [3.8, 4) is 0 Å². The molecule has 3 atom stereocenters. The highest BCUT2D eigenvalue weighted by atomic mass is 16.3. The molecule has 0 radical (unpaired) electrons. The third-order valence-corrected chi connectivity index (χ3v) is 3.79. The predicted molar refractivity (Wildman–Crippen MR) is 51.9 cm³/mol. The molecule has 1 heteroatoms. The first-order valence-electron chi connectivity index (χ1n) is 4.80. The Balaban J connectivity index is 2.74. The van der Waals surface area contributed by atoms with Gasteiger partial charge in [-0.3, -0.25) is 0 Å². The van der Waals surface area contributed by atoms with E-state index in [1.807, 2.05) is 0 Å². The summed E-state index contributed by atoms with van der Waals surface area (Å²) >= 11 is 0. The maximum absolute atomic E-state index is 9.69. The van der Waals surface area contributed by atoms with Gasteiger partial charge in [0.25, 0.3) is 0 Å². The summed E-state index contributed by atoms with van der Waals surface area (Å²) in [6.45, 7) is 10.4. The van der Waals surface area contributed by atoms with E-state index in [2.05, 4.69) is 27.4 Å². The Hall–Kier alpha value is -0.300. The first kappa shape index (κ1) is 9.79. The van der Waals surface area contributed by atoms with Crippen LogP contribution in [-0.2, 0) is 0 Å². The molecule has 0 spiro atoms. The van der Waals surface area contributed by atoms with Crippen molar-refractivity contribution in [3.63, 3.8) is 0 Å². The summed E-state index contributed by atoms with van der Waals surface area (Å²) in [6, 6.07) is 0. The summed E-state index contributed by atoms with van der Waals surface area (Å²) in [6.07, 6.45) is 3.74. The summed E-state index contributed by atoms with van der Waals surface area (Å²) in [7, 11) is 0. The van der Waals surface area contributed by atoms with Crippen molar-refractivity contribution in [2.24, 2.45) is 17.3 Å². The molecule has 1 aliphatic carbocycles. The van der Waals surface area contributed by atoms with Gasteiger partial charge in [0.15, 0.2) is 0 Å². The lowest BCUT2D eigenvalue weighted by atomic mass is 9.74. The van der Waals surface area contributed by atoms with Crippen molar-refractivity contribution in [1.29, 1.82) is 0 Å².